The zero-order chi connectivity index (χ0) is 15.0. The Balaban J connectivity index is 2.42. The summed E-state index contributed by atoms with van der Waals surface area (Å²) in [6.45, 7) is 0. The maximum absolute atomic E-state index is 9.26. The first-order valence-corrected chi connectivity index (χ1v) is 6.64. The molecule has 0 aliphatic rings. The lowest BCUT2D eigenvalue weighted by atomic mass is 10.2. The summed E-state index contributed by atoms with van der Waals surface area (Å²) in [6.07, 6.45) is 1.37. The number of hydrogen-bond acceptors (Lipinski definition) is 5. The van der Waals surface area contributed by atoms with Gasteiger partial charge in [-0.05, 0) is 30.4 Å². The van der Waals surface area contributed by atoms with Gasteiger partial charge >= 0.3 is 0 Å². The SMILES string of the molecule is COc1ncnc2c1[nH]c(=S)n2-c1cc(Cl)ccc1C#N. The molecule has 6 nitrogen and oxygen atoms in total. The van der Waals surface area contributed by atoms with Crippen molar-refractivity contribution in [3.63, 3.8) is 0 Å². The average molecular weight is 318 g/mol. The molecule has 0 atom stereocenters. The first-order chi connectivity index (χ1) is 10.2. The van der Waals surface area contributed by atoms with E-state index < -0.39 is 0 Å². The second-order valence-electron chi connectivity index (χ2n) is 4.12. The second kappa shape index (κ2) is 5.16. The van der Waals surface area contributed by atoms with Crippen LogP contribution in [0.25, 0.3) is 16.9 Å². The first kappa shape index (κ1) is 13.5. The van der Waals surface area contributed by atoms with E-state index >= 15 is 0 Å². The lowest BCUT2D eigenvalue weighted by Gasteiger charge is -2.07. The number of halogens is 1. The third-order valence-corrected chi connectivity index (χ3v) is 3.47. The number of nitrogens with one attached hydrogen (secondary N) is 1. The van der Waals surface area contributed by atoms with Crippen LogP contribution in [0.15, 0.2) is 24.5 Å². The molecule has 2 aromatic heterocycles. The third-order valence-electron chi connectivity index (χ3n) is 2.95. The van der Waals surface area contributed by atoms with Crippen molar-refractivity contribution < 1.29 is 4.74 Å². The summed E-state index contributed by atoms with van der Waals surface area (Å²) in [6, 6.07) is 7.07. The fraction of sp³-hybridized carbons (Fsp3) is 0.0769. The van der Waals surface area contributed by atoms with Crippen molar-refractivity contribution in [2.45, 2.75) is 0 Å². The van der Waals surface area contributed by atoms with Gasteiger partial charge in [0.1, 0.15) is 17.9 Å². The molecule has 3 aromatic rings. The summed E-state index contributed by atoms with van der Waals surface area (Å²) in [5.41, 5.74) is 2.08. The molecule has 3 rings (SSSR count). The molecule has 104 valence electrons. The lowest BCUT2D eigenvalue weighted by Crippen LogP contribution is -1.99. The molecule has 1 aromatic carbocycles. The van der Waals surface area contributed by atoms with Crippen LogP contribution < -0.4 is 4.74 Å². The number of nitrogens with zero attached hydrogens (tertiary/aromatic N) is 4. The van der Waals surface area contributed by atoms with Gasteiger partial charge in [-0.3, -0.25) is 4.57 Å². The number of ether oxygens (including phenoxy) is 1. The molecule has 0 aliphatic heterocycles. The number of H-pyrrole nitrogens is 1. The maximum atomic E-state index is 9.26. The van der Waals surface area contributed by atoms with E-state index in [0.717, 1.165) is 0 Å². The number of nitriles is 1. The lowest BCUT2D eigenvalue weighted by molar-refractivity contribution is 0.401. The predicted octanol–water partition coefficient (Wildman–Crippen LogP) is 3.01. The van der Waals surface area contributed by atoms with Gasteiger partial charge < -0.3 is 9.72 Å². The number of aromatic amines is 1. The van der Waals surface area contributed by atoms with E-state index in [2.05, 4.69) is 21.0 Å². The molecule has 0 fully saturated rings. The molecule has 0 unspecified atom stereocenters. The molecule has 0 amide bonds. The minimum atomic E-state index is 0.377. The van der Waals surface area contributed by atoms with E-state index in [4.69, 9.17) is 28.6 Å². The number of rotatable bonds is 2. The van der Waals surface area contributed by atoms with Crippen molar-refractivity contribution in [1.29, 1.82) is 5.26 Å². The van der Waals surface area contributed by atoms with Crippen LogP contribution in [-0.4, -0.2) is 26.6 Å². The minimum Gasteiger partial charge on any atom is -0.479 e. The molecule has 0 aliphatic carbocycles. The molecule has 0 saturated heterocycles. The van der Waals surface area contributed by atoms with E-state index in [1.165, 1.54) is 13.4 Å². The predicted molar refractivity (Wildman–Crippen MR) is 80.3 cm³/mol. The van der Waals surface area contributed by atoms with Crippen LogP contribution in [0.4, 0.5) is 0 Å². The summed E-state index contributed by atoms with van der Waals surface area (Å²) in [4.78, 5) is 11.2. The van der Waals surface area contributed by atoms with Crippen LogP contribution in [0.1, 0.15) is 5.56 Å². The smallest absolute Gasteiger partial charge is 0.242 e. The Kier molecular flexibility index (Phi) is 3.33. The summed E-state index contributed by atoms with van der Waals surface area (Å²) in [7, 11) is 1.51. The molecule has 0 spiro atoms. The topological polar surface area (TPSA) is 79.5 Å². The van der Waals surface area contributed by atoms with Crippen LogP contribution in [0.5, 0.6) is 5.88 Å². The number of fused-ring (bicyclic) bond motifs is 1. The van der Waals surface area contributed by atoms with Gasteiger partial charge in [-0.2, -0.15) is 10.2 Å². The van der Waals surface area contributed by atoms with Gasteiger partial charge in [0.2, 0.25) is 5.88 Å². The Morgan fingerprint density at radius 3 is 2.95 bits per heavy atom. The largest absolute Gasteiger partial charge is 0.479 e. The third kappa shape index (κ3) is 2.14. The minimum absolute atomic E-state index is 0.377. The van der Waals surface area contributed by atoms with Crippen molar-refractivity contribution in [3.05, 3.63) is 39.9 Å². The summed E-state index contributed by atoms with van der Waals surface area (Å²) < 4.78 is 7.19. The number of methoxy groups -OCH3 is 1. The van der Waals surface area contributed by atoms with Crippen LogP contribution in [-0.2, 0) is 0 Å². The highest BCUT2D eigenvalue weighted by Crippen LogP contribution is 2.26. The quantitative estimate of drug-likeness (QED) is 0.735. The van der Waals surface area contributed by atoms with E-state index in [1.54, 1.807) is 22.8 Å². The van der Waals surface area contributed by atoms with E-state index in [9.17, 15) is 5.26 Å². The molecular weight excluding hydrogens is 310 g/mol. The Morgan fingerprint density at radius 2 is 2.24 bits per heavy atom. The van der Waals surface area contributed by atoms with Crippen molar-refractivity contribution in [3.8, 4) is 17.6 Å². The molecule has 0 radical (unpaired) electrons. The van der Waals surface area contributed by atoms with Crippen molar-refractivity contribution in [2.24, 2.45) is 0 Å². The van der Waals surface area contributed by atoms with Gasteiger partial charge in [-0.15, -0.1) is 0 Å². The van der Waals surface area contributed by atoms with Crippen molar-refractivity contribution >= 4 is 35.0 Å². The van der Waals surface area contributed by atoms with Gasteiger partial charge in [0.05, 0.1) is 18.4 Å². The average Bonchev–Trinajstić information content (AvgIpc) is 2.82. The number of benzene rings is 1. The fourth-order valence-corrected chi connectivity index (χ4v) is 2.51. The standard InChI is InChI=1S/C13H8ClN5OS/c1-20-12-10-11(16-6-17-12)19(13(21)18-10)9-4-8(14)3-2-7(9)5-15/h2-4,6H,1H3,(H,18,21). The molecular formula is C13H8ClN5OS. The molecule has 2 heterocycles. The molecule has 21 heavy (non-hydrogen) atoms. The van der Waals surface area contributed by atoms with E-state index in [1.807, 2.05) is 0 Å². The van der Waals surface area contributed by atoms with Crippen LogP contribution in [0.3, 0.4) is 0 Å². The van der Waals surface area contributed by atoms with Crippen molar-refractivity contribution in [1.82, 2.24) is 19.5 Å². The fourth-order valence-electron chi connectivity index (χ4n) is 2.06. The number of imidazole rings is 1. The van der Waals surface area contributed by atoms with Crippen LogP contribution in [0, 0.1) is 16.1 Å². The number of hydrogen-bond donors (Lipinski definition) is 1. The molecule has 1 N–H and O–H groups in total. The first-order valence-electron chi connectivity index (χ1n) is 5.85. The Bertz CT molecular complexity index is 940. The monoisotopic (exact) mass is 317 g/mol. The Hall–Kier alpha value is -2.43. The van der Waals surface area contributed by atoms with Gasteiger partial charge in [-0.1, -0.05) is 11.6 Å². The second-order valence-corrected chi connectivity index (χ2v) is 4.94. The summed E-state index contributed by atoms with van der Waals surface area (Å²) in [5.74, 6) is 0.380. The zero-order valence-corrected chi connectivity index (χ0v) is 12.4. The van der Waals surface area contributed by atoms with Gasteiger partial charge in [0.25, 0.3) is 0 Å². The van der Waals surface area contributed by atoms with E-state index in [-0.39, 0.29) is 0 Å². The van der Waals surface area contributed by atoms with Gasteiger partial charge in [0, 0.05) is 5.02 Å². The van der Waals surface area contributed by atoms with Gasteiger partial charge in [-0.25, -0.2) is 4.98 Å². The Labute approximate surface area is 129 Å². The molecule has 0 bridgehead atoms. The Morgan fingerprint density at radius 1 is 1.43 bits per heavy atom. The highest BCUT2D eigenvalue weighted by Gasteiger charge is 2.15. The highest BCUT2D eigenvalue weighted by molar-refractivity contribution is 7.71. The summed E-state index contributed by atoms with van der Waals surface area (Å²) in [5, 5.41) is 9.76. The van der Waals surface area contributed by atoms with E-state index in [0.29, 0.717) is 38.1 Å². The number of aromatic nitrogens is 4. The van der Waals surface area contributed by atoms with Crippen LogP contribution >= 0.6 is 23.8 Å². The van der Waals surface area contributed by atoms with Crippen LogP contribution in [0.2, 0.25) is 5.02 Å². The normalized spacial score (nSPS) is 10.5. The zero-order valence-electron chi connectivity index (χ0n) is 10.8. The summed E-state index contributed by atoms with van der Waals surface area (Å²) >= 11 is 11.4. The molecule has 8 heteroatoms. The van der Waals surface area contributed by atoms with Crippen molar-refractivity contribution in [2.75, 3.05) is 7.11 Å². The highest BCUT2D eigenvalue weighted by atomic mass is 35.5. The maximum Gasteiger partial charge on any atom is 0.242 e. The molecule has 0 saturated carbocycles. The van der Waals surface area contributed by atoms with Gasteiger partial charge in [0.15, 0.2) is 10.4 Å².